The Labute approximate surface area is 112 Å². The minimum Gasteiger partial charge on any atom is -0.220 e. The average Bonchev–Trinajstić information content (AvgIpc) is 2.59. The normalized spacial score (nSPS) is 15.8. The van der Waals surface area contributed by atoms with Crippen molar-refractivity contribution in [3.8, 4) is 0 Å². The van der Waals surface area contributed by atoms with Crippen molar-refractivity contribution in [3.63, 3.8) is 0 Å². The van der Waals surface area contributed by atoms with Gasteiger partial charge in [-0.2, -0.15) is 0 Å². The van der Waals surface area contributed by atoms with E-state index in [1.54, 1.807) is 0 Å². The zero-order chi connectivity index (χ0) is 13.4. The second-order valence-electron chi connectivity index (χ2n) is 6.15. The van der Waals surface area contributed by atoms with E-state index in [0.717, 1.165) is 13.7 Å². The average molecular weight is 309 g/mol. The maximum atomic E-state index is 4.43. The standard InChI is InChI=1S/C10H23N3P4/c1-9(2,3)7-8(10(4,5)6)13(12-11-7)17(15)16-14/h16H,14-15H2,1-6H3. The van der Waals surface area contributed by atoms with E-state index in [4.69, 9.17) is 0 Å². The maximum Gasteiger partial charge on any atom is 0.0921 e. The van der Waals surface area contributed by atoms with Crippen molar-refractivity contribution in [2.75, 3.05) is 0 Å². The van der Waals surface area contributed by atoms with Gasteiger partial charge in [-0.05, 0) is 7.96 Å². The van der Waals surface area contributed by atoms with Gasteiger partial charge in [-0.25, -0.2) is 4.45 Å². The summed E-state index contributed by atoms with van der Waals surface area (Å²) in [6.07, 6.45) is 0. The van der Waals surface area contributed by atoms with Crippen LogP contribution in [-0.2, 0) is 10.8 Å². The van der Waals surface area contributed by atoms with Crippen LogP contribution in [0.4, 0.5) is 0 Å². The van der Waals surface area contributed by atoms with Gasteiger partial charge in [-0.1, -0.05) is 55.7 Å². The largest absolute Gasteiger partial charge is 0.220 e. The number of hydrogen-bond acceptors (Lipinski definition) is 2. The van der Waals surface area contributed by atoms with Gasteiger partial charge in [0.05, 0.1) is 18.8 Å². The SMILES string of the molecule is CC(C)(C)c1nnn(P(P)PP)c1C(C)(C)C. The molecule has 0 fully saturated rings. The molecule has 1 aromatic heterocycles. The third kappa shape index (κ3) is 3.67. The molecule has 98 valence electrons. The van der Waals surface area contributed by atoms with Crippen LogP contribution in [0.15, 0.2) is 0 Å². The first kappa shape index (κ1) is 15.9. The number of nitrogens with zero attached hydrogens (tertiary/aromatic N) is 3. The van der Waals surface area contributed by atoms with Crippen LogP contribution in [0.3, 0.4) is 0 Å². The van der Waals surface area contributed by atoms with Crippen molar-refractivity contribution in [2.45, 2.75) is 52.4 Å². The van der Waals surface area contributed by atoms with Gasteiger partial charge in [0.25, 0.3) is 0 Å². The molecule has 0 spiro atoms. The predicted molar refractivity (Wildman–Crippen MR) is 87.5 cm³/mol. The van der Waals surface area contributed by atoms with E-state index in [-0.39, 0.29) is 18.3 Å². The van der Waals surface area contributed by atoms with E-state index in [2.05, 4.69) is 74.2 Å². The highest BCUT2D eigenvalue weighted by Crippen LogP contribution is 2.67. The Morgan fingerprint density at radius 3 is 2.00 bits per heavy atom. The Morgan fingerprint density at radius 2 is 1.65 bits per heavy atom. The summed E-state index contributed by atoms with van der Waals surface area (Å²) >= 11 is 0. The van der Waals surface area contributed by atoms with Crippen LogP contribution in [0, 0.1) is 0 Å². The van der Waals surface area contributed by atoms with E-state index in [0.29, 0.717) is 0 Å². The van der Waals surface area contributed by atoms with E-state index >= 15 is 0 Å². The van der Waals surface area contributed by atoms with Crippen LogP contribution in [0.2, 0.25) is 0 Å². The Morgan fingerprint density at radius 1 is 1.12 bits per heavy atom. The highest BCUT2D eigenvalue weighted by atomic mass is 32.6. The van der Waals surface area contributed by atoms with Crippen LogP contribution in [0.5, 0.6) is 0 Å². The fraction of sp³-hybridized carbons (Fsp3) is 0.800. The molecule has 0 amide bonds. The quantitative estimate of drug-likeness (QED) is 0.763. The summed E-state index contributed by atoms with van der Waals surface area (Å²) in [5.41, 5.74) is 2.53. The summed E-state index contributed by atoms with van der Waals surface area (Å²) in [7, 11) is 6.18. The molecule has 0 bridgehead atoms. The fourth-order valence-electron chi connectivity index (χ4n) is 1.64. The zero-order valence-electron chi connectivity index (χ0n) is 11.4. The molecule has 17 heavy (non-hydrogen) atoms. The molecule has 4 unspecified atom stereocenters. The van der Waals surface area contributed by atoms with Gasteiger partial charge < -0.3 is 0 Å². The topological polar surface area (TPSA) is 30.7 Å². The van der Waals surface area contributed by atoms with Crippen LogP contribution < -0.4 is 0 Å². The molecule has 0 aliphatic carbocycles. The molecule has 0 saturated heterocycles. The number of aromatic nitrogens is 3. The second-order valence-corrected chi connectivity index (χ2v) is 15.0. The Hall–Kier alpha value is 0.860. The Bertz CT molecular complexity index is 389. The minimum atomic E-state index is -0.334. The minimum absolute atomic E-state index is 0.0473. The molecule has 0 aliphatic heterocycles. The van der Waals surface area contributed by atoms with E-state index < -0.39 is 0 Å². The molecule has 1 rings (SSSR count). The molecular weight excluding hydrogens is 286 g/mol. The highest BCUT2D eigenvalue weighted by molar-refractivity contribution is 8.60. The Kier molecular flexibility index (Phi) is 5.12. The van der Waals surface area contributed by atoms with Gasteiger partial charge in [0.1, 0.15) is 0 Å². The van der Waals surface area contributed by atoms with Gasteiger partial charge in [-0.15, -0.1) is 14.0 Å². The maximum absolute atomic E-state index is 4.43. The molecule has 0 aliphatic rings. The van der Waals surface area contributed by atoms with Gasteiger partial charge in [0.2, 0.25) is 0 Å². The summed E-state index contributed by atoms with van der Waals surface area (Å²) in [5.74, 6) is 0. The lowest BCUT2D eigenvalue weighted by atomic mass is 9.82. The summed E-state index contributed by atoms with van der Waals surface area (Å²) in [4.78, 5) is 0. The number of hydrogen-bond donors (Lipinski definition) is 0. The summed E-state index contributed by atoms with van der Waals surface area (Å²) < 4.78 is 2.13. The summed E-state index contributed by atoms with van der Waals surface area (Å²) in [5, 5.41) is 8.82. The van der Waals surface area contributed by atoms with Crippen LogP contribution in [0.1, 0.15) is 52.9 Å². The summed E-state index contributed by atoms with van der Waals surface area (Å²) in [6.45, 7) is 13.3. The van der Waals surface area contributed by atoms with Gasteiger partial charge >= 0.3 is 0 Å². The van der Waals surface area contributed by atoms with Crippen molar-refractivity contribution < 1.29 is 0 Å². The summed E-state index contributed by atoms with van der Waals surface area (Å²) in [6, 6.07) is 0. The lowest BCUT2D eigenvalue weighted by Gasteiger charge is -2.27. The molecule has 7 heteroatoms. The second kappa shape index (κ2) is 5.46. The van der Waals surface area contributed by atoms with Crippen molar-refractivity contribution in [1.29, 1.82) is 0 Å². The van der Waals surface area contributed by atoms with Crippen molar-refractivity contribution in [2.24, 2.45) is 0 Å². The Balaban J connectivity index is 3.41. The molecular formula is C10H23N3P4. The van der Waals surface area contributed by atoms with Crippen LogP contribution in [0.25, 0.3) is 0 Å². The monoisotopic (exact) mass is 309 g/mol. The molecule has 4 atom stereocenters. The first-order valence-electron chi connectivity index (χ1n) is 5.57. The zero-order valence-corrected chi connectivity index (χ0v) is 15.6. The molecule has 3 nitrogen and oxygen atoms in total. The smallest absolute Gasteiger partial charge is 0.0921 e. The third-order valence-corrected chi connectivity index (χ3v) is 11.8. The molecule has 0 saturated carbocycles. The fourth-order valence-corrected chi connectivity index (χ4v) is 4.70. The van der Waals surface area contributed by atoms with Crippen LogP contribution in [-0.4, -0.2) is 14.8 Å². The van der Waals surface area contributed by atoms with Crippen molar-refractivity contribution >= 4 is 33.3 Å². The van der Waals surface area contributed by atoms with E-state index in [1.165, 1.54) is 5.69 Å². The van der Waals surface area contributed by atoms with Crippen LogP contribution >= 0.6 is 33.3 Å². The molecule has 0 aromatic carbocycles. The van der Waals surface area contributed by atoms with Crippen molar-refractivity contribution in [1.82, 2.24) is 14.8 Å². The first-order chi connectivity index (χ1) is 7.59. The predicted octanol–water partition coefficient (Wildman–Crippen LogP) is 4.29. The van der Waals surface area contributed by atoms with Gasteiger partial charge in [0, 0.05) is 10.8 Å². The number of rotatable bonds is 2. The highest BCUT2D eigenvalue weighted by Gasteiger charge is 2.32. The molecule has 1 aromatic rings. The van der Waals surface area contributed by atoms with E-state index in [1.807, 2.05) is 0 Å². The molecule has 1 heterocycles. The lowest BCUT2D eigenvalue weighted by Crippen LogP contribution is -2.23. The van der Waals surface area contributed by atoms with E-state index in [9.17, 15) is 0 Å². The lowest BCUT2D eigenvalue weighted by molar-refractivity contribution is 0.509. The van der Waals surface area contributed by atoms with Crippen molar-refractivity contribution in [3.05, 3.63) is 11.4 Å². The molecule has 0 radical (unpaired) electrons. The first-order valence-corrected chi connectivity index (χ1v) is 12.1. The third-order valence-electron chi connectivity index (χ3n) is 2.41. The molecule has 0 N–H and O–H groups in total. The van der Waals surface area contributed by atoms with Gasteiger partial charge in [-0.3, -0.25) is 0 Å². The van der Waals surface area contributed by atoms with Gasteiger partial charge in [0.15, 0.2) is 0 Å².